The van der Waals surface area contributed by atoms with E-state index in [1.807, 2.05) is 0 Å². The van der Waals surface area contributed by atoms with Crippen LogP contribution in [0.2, 0.25) is 0 Å². The minimum absolute atomic E-state index is 0.137. The molecular weight excluding hydrogens is 292 g/mol. The van der Waals surface area contributed by atoms with Gasteiger partial charge < -0.3 is 20.1 Å². The molecule has 0 saturated carbocycles. The number of rotatable bonds is 3. The summed E-state index contributed by atoms with van der Waals surface area (Å²) in [4.78, 5) is 26.1. The number of nitrogen functional groups attached to an aromatic ring is 1. The number of carbonyl (C=O) groups is 2. The van der Waals surface area contributed by atoms with Gasteiger partial charge >= 0.3 is 11.9 Å². The van der Waals surface area contributed by atoms with Crippen LogP contribution in [0.25, 0.3) is 0 Å². The lowest BCUT2D eigenvalue weighted by Crippen LogP contribution is -2.23. The van der Waals surface area contributed by atoms with Crippen LogP contribution in [0.4, 0.5) is 10.7 Å². The SMILES string of the molecule is COC(=O)c1sc(N2CCC(C)(C)C2)c(C(=O)OC)c1N. The smallest absolute Gasteiger partial charge is 0.350 e. The number of ether oxygens (including phenoxy) is 2. The Morgan fingerprint density at radius 3 is 2.33 bits per heavy atom. The number of hydrogen-bond donors (Lipinski definition) is 1. The van der Waals surface area contributed by atoms with Gasteiger partial charge in [0, 0.05) is 13.1 Å². The number of esters is 2. The summed E-state index contributed by atoms with van der Waals surface area (Å²) in [5.41, 5.74) is 6.54. The van der Waals surface area contributed by atoms with Crippen LogP contribution in [0, 0.1) is 5.41 Å². The Morgan fingerprint density at radius 1 is 1.24 bits per heavy atom. The van der Waals surface area contributed by atoms with Gasteiger partial charge in [-0.15, -0.1) is 11.3 Å². The molecule has 1 saturated heterocycles. The Balaban J connectivity index is 2.49. The van der Waals surface area contributed by atoms with Crippen LogP contribution in [0.5, 0.6) is 0 Å². The van der Waals surface area contributed by atoms with Crippen LogP contribution in [0.1, 0.15) is 40.3 Å². The lowest BCUT2D eigenvalue weighted by Gasteiger charge is -2.21. The molecule has 1 aliphatic rings. The summed E-state index contributed by atoms with van der Waals surface area (Å²) in [7, 11) is 2.59. The molecule has 7 heteroatoms. The van der Waals surface area contributed by atoms with Crippen LogP contribution in [-0.4, -0.2) is 39.2 Å². The van der Waals surface area contributed by atoms with Gasteiger partial charge in [-0.25, -0.2) is 9.59 Å². The van der Waals surface area contributed by atoms with E-state index in [-0.39, 0.29) is 21.5 Å². The van der Waals surface area contributed by atoms with Gasteiger partial charge in [-0.1, -0.05) is 13.8 Å². The van der Waals surface area contributed by atoms with E-state index in [1.54, 1.807) is 0 Å². The molecule has 116 valence electrons. The number of hydrogen-bond acceptors (Lipinski definition) is 7. The van der Waals surface area contributed by atoms with Crippen molar-refractivity contribution < 1.29 is 19.1 Å². The van der Waals surface area contributed by atoms with E-state index in [0.717, 1.165) is 19.5 Å². The molecule has 0 atom stereocenters. The number of methoxy groups -OCH3 is 2. The van der Waals surface area contributed by atoms with Crippen molar-refractivity contribution in [1.82, 2.24) is 0 Å². The third-order valence-corrected chi connectivity index (χ3v) is 4.90. The minimum Gasteiger partial charge on any atom is -0.465 e. The lowest BCUT2D eigenvalue weighted by atomic mass is 9.93. The van der Waals surface area contributed by atoms with Crippen LogP contribution < -0.4 is 10.6 Å². The summed E-state index contributed by atoms with van der Waals surface area (Å²) < 4.78 is 9.53. The van der Waals surface area contributed by atoms with Crippen molar-refractivity contribution in [2.45, 2.75) is 20.3 Å². The zero-order chi connectivity index (χ0) is 15.8. The summed E-state index contributed by atoms with van der Waals surface area (Å²) >= 11 is 1.19. The Bertz CT molecular complexity index is 580. The number of thiophene rings is 1. The molecule has 2 heterocycles. The van der Waals surface area contributed by atoms with E-state index in [4.69, 9.17) is 15.2 Å². The molecule has 0 unspecified atom stereocenters. The third-order valence-electron chi connectivity index (χ3n) is 3.65. The van der Waals surface area contributed by atoms with E-state index in [2.05, 4.69) is 18.7 Å². The second-order valence-corrected chi connectivity index (χ2v) is 6.84. The number of carbonyl (C=O) groups excluding carboxylic acids is 2. The first kappa shape index (κ1) is 15.6. The van der Waals surface area contributed by atoms with Crippen LogP contribution in [-0.2, 0) is 9.47 Å². The van der Waals surface area contributed by atoms with E-state index in [9.17, 15) is 9.59 Å². The Labute approximate surface area is 127 Å². The number of nitrogens with two attached hydrogens (primary N) is 1. The van der Waals surface area contributed by atoms with E-state index < -0.39 is 11.9 Å². The molecule has 1 aliphatic heterocycles. The average Bonchev–Trinajstić information content (AvgIpc) is 2.97. The van der Waals surface area contributed by atoms with E-state index >= 15 is 0 Å². The first-order valence-corrected chi connectivity index (χ1v) is 7.46. The van der Waals surface area contributed by atoms with E-state index in [1.165, 1.54) is 25.6 Å². The maximum absolute atomic E-state index is 12.0. The van der Waals surface area contributed by atoms with Crippen molar-refractivity contribution in [2.75, 3.05) is 37.9 Å². The molecule has 0 bridgehead atoms. The molecule has 6 nitrogen and oxygen atoms in total. The summed E-state index contributed by atoms with van der Waals surface area (Å²) in [6.07, 6.45) is 1.01. The second kappa shape index (κ2) is 5.55. The third kappa shape index (κ3) is 2.83. The van der Waals surface area contributed by atoms with Crippen molar-refractivity contribution in [1.29, 1.82) is 0 Å². The Hall–Kier alpha value is -1.76. The molecule has 1 aromatic heterocycles. The number of nitrogens with zero attached hydrogens (tertiary/aromatic N) is 1. The van der Waals surface area contributed by atoms with Crippen LogP contribution in [0.15, 0.2) is 0 Å². The van der Waals surface area contributed by atoms with Gasteiger partial charge in [0.25, 0.3) is 0 Å². The highest BCUT2D eigenvalue weighted by Gasteiger charge is 2.35. The van der Waals surface area contributed by atoms with Gasteiger partial charge in [0.2, 0.25) is 0 Å². The summed E-state index contributed by atoms with van der Waals surface area (Å²) in [5.74, 6) is -1.06. The van der Waals surface area contributed by atoms with Crippen molar-refractivity contribution in [3.63, 3.8) is 0 Å². The minimum atomic E-state index is -0.535. The predicted octanol–water partition coefficient (Wildman–Crippen LogP) is 2.14. The lowest BCUT2D eigenvalue weighted by molar-refractivity contribution is 0.0602. The van der Waals surface area contributed by atoms with Crippen molar-refractivity contribution in [3.05, 3.63) is 10.4 Å². The summed E-state index contributed by atoms with van der Waals surface area (Å²) in [5, 5.41) is 0.685. The predicted molar refractivity (Wildman–Crippen MR) is 82.0 cm³/mol. The Morgan fingerprint density at radius 2 is 1.86 bits per heavy atom. The average molecular weight is 312 g/mol. The van der Waals surface area contributed by atoms with E-state index in [0.29, 0.717) is 5.00 Å². The summed E-state index contributed by atoms with van der Waals surface area (Å²) in [6.45, 7) is 5.96. The molecule has 0 aromatic carbocycles. The summed E-state index contributed by atoms with van der Waals surface area (Å²) in [6, 6.07) is 0. The van der Waals surface area contributed by atoms with Crippen LogP contribution in [0.3, 0.4) is 0 Å². The zero-order valence-corrected chi connectivity index (χ0v) is 13.5. The zero-order valence-electron chi connectivity index (χ0n) is 12.7. The van der Waals surface area contributed by atoms with Crippen molar-refractivity contribution >= 4 is 34.0 Å². The first-order valence-electron chi connectivity index (χ1n) is 6.64. The number of anilines is 2. The quantitative estimate of drug-likeness (QED) is 0.861. The van der Waals surface area contributed by atoms with Gasteiger partial charge in [0.05, 0.1) is 19.9 Å². The fourth-order valence-electron chi connectivity index (χ4n) is 2.48. The largest absolute Gasteiger partial charge is 0.465 e. The molecule has 2 N–H and O–H groups in total. The molecule has 0 spiro atoms. The standard InChI is InChI=1S/C14H20N2O4S/c1-14(2)5-6-16(7-14)11-8(12(17)19-3)9(15)10(21-11)13(18)20-4/h5-7,15H2,1-4H3. The fraction of sp³-hybridized carbons (Fsp3) is 0.571. The maximum Gasteiger partial charge on any atom is 0.350 e. The van der Waals surface area contributed by atoms with Gasteiger partial charge in [0.15, 0.2) is 0 Å². The highest BCUT2D eigenvalue weighted by Crippen LogP contribution is 2.43. The monoisotopic (exact) mass is 312 g/mol. The van der Waals surface area contributed by atoms with Gasteiger partial charge in [-0.05, 0) is 11.8 Å². The first-order chi connectivity index (χ1) is 9.80. The van der Waals surface area contributed by atoms with Gasteiger partial charge in [0.1, 0.15) is 15.4 Å². The second-order valence-electron chi connectivity index (χ2n) is 5.84. The van der Waals surface area contributed by atoms with Gasteiger partial charge in [-0.3, -0.25) is 0 Å². The van der Waals surface area contributed by atoms with Crippen molar-refractivity contribution in [2.24, 2.45) is 5.41 Å². The fourth-order valence-corrected chi connectivity index (χ4v) is 3.64. The topological polar surface area (TPSA) is 81.9 Å². The van der Waals surface area contributed by atoms with Crippen molar-refractivity contribution in [3.8, 4) is 0 Å². The molecule has 0 radical (unpaired) electrons. The molecule has 1 fully saturated rings. The molecule has 21 heavy (non-hydrogen) atoms. The molecular formula is C14H20N2O4S. The highest BCUT2D eigenvalue weighted by atomic mass is 32.1. The Kier molecular flexibility index (Phi) is 4.13. The highest BCUT2D eigenvalue weighted by molar-refractivity contribution is 7.19. The molecule has 0 aliphatic carbocycles. The molecule has 0 amide bonds. The molecule has 2 rings (SSSR count). The van der Waals surface area contributed by atoms with Gasteiger partial charge in [-0.2, -0.15) is 0 Å². The normalized spacial score (nSPS) is 16.9. The maximum atomic E-state index is 12.0. The molecule has 1 aromatic rings. The van der Waals surface area contributed by atoms with Crippen LogP contribution >= 0.6 is 11.3 Å².